The lowest BCUT2D eigenvalue weighted by Crippen LogP contribution is -2.36. The van der Waals surface area contributed by atoms with E-state index in [9.17, 15) is 9.59 Å². The van der Waals surface area contributed by atoms with Crippen LogP contribution >= 0.6 is 23.4 Å². The first-order valence-electron chi connectivity index (χ1n) is 8.82. The van der Waals surface area contributed by atoms with Crippen LogP contribution in [-0.4, -0.2) is 46.2 Å². The molecule has 11 heteroatoms. The van der Waals surface area contributed by atoms with Crippen molar-refractivity contribution >= 4 is 46.4 Å². The van der Waals surface area contributed by atoms with Gasteiger partial charge in [0.05, 0.1) is 33.5 Å². The number of ketones is 1. The Morgan fingerprint density at radius 3 is 2.13 bits per heavy atom. The van der Waals surface area contributed by atoms with Crippen LogP contribution in [0.25, 0.3) is 0 Å². The number of rotatable bonds is 9. The van der Waals surface area contributed by atoms with E-state index in [1.807, 2.05) is 0 Å². The second-order valence-corrected chi connectivity index (χ2v) is 6.76. The average molecular weight is 470 g/mol. The third kappa shape index (κ3) is 5.36. The van der Waals surface area contributed by atoms with E-state index < -0.39 is 17.7 Å². The molecule has 0 spiro atoms. The molecule has 2 rings (SSSR count). The Balaban J connectivity index is 2.39. The number of halogens is 2. The van der Waals surface area contributed by atoms with Gasteiger partial charge in [0.2, 0.25) is 6.04 Å². The van der Waals surface area contributed by atoms with Gasteiger partial charge in [-0.15, -0.1) is 0 Å². The van der Waals surface area contributed by atoms with E-state index >= 15 is 0 Å². The maximum absolute atomic E-state index is 12.9. The van der Waals surface area contributed by atoms with Crippen LogP contribution in [0.4, 0.5) is 11.4 Å². The first-order valence-corrected chi connectivity index (χ1v) is 9.54. The van der Waals surface area contributed by atoms with Crippen LogP contribution in [0.15, 0.2) is 40.6 Å². The lowest BCUT2D eigenvalue weighted by molar-refractivity contribution is -0.126. The Morgan fingerprint density at radius 1 is 0.968 bits per heavy atom. The van der Waals surface area contributed by atoms with Crippen LogP contribution in [0, 0.1) is 0 Å². The van der Waals surface area contributed by atoms with Crippen LogP contribution in [-0.2, 0) is 9.59 Å². The van der Waals surface area contributed by atoms with Crippen molar-refractivity contribution in [3.05, 3.63) is 35.4 Å². The van der Waals surface area contributed by atoms with E-state index in [0.29, 0.717) is 17.2 Å². The zero-order valence-electron chi connectivity index (χ0n) is 17.5. The van der Waals surface area contributed by atoms with Crippen molar-refractivity contribution < 1.29 is 28.5 Å². The van der Waals surface area contributed by atoms with Gasteiger partial charge in [0.25, 0.3) is 5.91 Å². The fourth-order valence-electron chi connectivity index (χ4n) is 2.60. The van der Waals surface area contributed by atoms with E-state index in [2.05, 4.69) is 10.2 Å². The molecule has 0 radical (unpaired) electrons. The maximum Gasteiger partial charge on any atom is 0.276 e. The fourth-order valence-corrected chi connectivity index (χ4v) is 3.01. The molecule has 2 aromatic carbocycles. The largest absolute Gasteiger partial charge is 0.493 e. The van der Waals surface area contributed by atoms with Crippen LogP contribution in [0.1, 0.15) is 6.92 Å². The number of amides is 1. The average Bonchev–Trinajstić information content (AvgIpc) is 2.78. The molecular weight excluding hydrogens is 449 g/mol. The Kier molecular flexibility index (Phi) is 8.47. The van der Waals surface area contributed by atoms with E-state index in [-0.39, 0.29) is 22.1 Å². The molecule has 31 heavy (non-hydrogen) atoms. The number of methoxy groups -OCH3 is 4. The Labute approximate surface area is 189 Å². The number of azo groups is 1. The van der Waals surface area contributed by atoms with Gasteiger partial charge in [0.1, 0.15) is 11.4 Å². The normalized spacial score (nSPS) is 11.7. The van der Waals surface area contributed by atoms with Gasteiger partial charge in [0, 0.05) is 23.9 Å². The quantitative estimate of drug-likeness (QED) is 0.302. The van der Waals surface area contributed by atoms with Gasteiger partial charge in [-0.1, -0.05) is 17.7 Å². The number of anilines is 1. The van der Waals surface area contributed by atoms with Gasteiger partial charge in [-0.25, -0.2) is 4.42 Å². The zero-order valence-corrected chi connectivity index (χ0v) is 19.0. The zero-order chi connectivity index (χ0) is 23.1. The van der Waals surface area contributed by atoms with E-state index in [1.54, 1.807) is 12.1 Å². The summed E-state index contributed by atoms with van der Waals surface area (Å²) in [7, 11) is 5.75. The number of carbonyl (C=O) groups is 2. The Morgan fingerprint density at radius 2 is 1.58 bits per heavy atom. The molecule has 0 saturated heterocycles. The second kappa shape index (κ2) is 10.8. The topological polar surface area (TPSA) is 99.0 Å². The summed E-state index contributed by atoms with van der Waals surface area (Å²) in [5.41, 5.74) is 0.359. The maximum atomic E-state index is 12.9. The highest BCUT2D eigenvalue weighted by molar-refractivity contribution is 6.39. The lowest BCUT2D eigenvalue weighted by Gasteiger charge is -2.20. The minimum Gasteiger partial charge on any atom is -0.493 e. The first-order chi connectivity index (χ1) is 14.8. The molecule has 1 unspecified atom stereocenters. The number of hydrogen-bond donors (Lipinski definition) is 0. The fraction of sp³-hybridized carbons (Fsp3) is 0.300. The van der Waals surface area contributed by atoms with E-state index in [4.69, 9.17) is 42.3 Å². The van der Waals surface area contributed by atoms with Crippen molar-refractivity contribution in [1.29, 1.82) is 0 Å². The molecule has 0 bridgehead atoms. The smallest absolute Gasteiger partial charge is 0.276 e. The van der Waals surface area contributed by atoms with E-state index in [1.165, 1.54) is 53.6 Å². The monoisotopic (exact) mass is 469 g/mol. The molecule has 0 heterocycles. The molecule has 2 aromatic rings. The van der Waals surface area contributed by atoms with Gasteiger partial charge in [-0.3, -0.25) is 9.59 Å². The number of hydrogen-bond acceptors (Lipinski definition) is 8. The van der Waals surface area contributed by atoms with Gasteiger partial charge in [0.15, 0.2) is 28.8 Å². The molecule has 1 amide bonds. The van der Waals surface area contributed by atoms with E-state index in [0.717, 1.165) is 4.42 Å². The molecular formula is C20H21Cl2N3O6. The molecule has 0 saturated carbocycles. The minimum atomic E-state index is -1.52. The number of Topliss-reactive ketones (excluding diaryl/α,β-unsaturated/α-hetero) is 1. The molecule has 0 aliphatic rings. The minimum absolute atomic E-state index is 0.179. The standard InChI is InChI=1S/C20H21Cl2N3O6/c1-11(26)18(24-23-13-10-17(30-4)16(29-3)9-12(13)21)20(27)25(22)14-7-6-8-15(28-2)19(14)31-5/h6-10,18H,1-5H3. The summed E-state index contributed by atoms with van der Waals surface area (Å²) in [6, 6.07) is 6.22. The molecule has 0 N–H and O–H groups in total. The highest BCUT2D eigenvalue weighted by Gasteiger charge is 2.31. The number of nitrogens with zero attached hydrogens (tertiary/aromatic N) is 3. The van der Waals surface area contributed by atoms with Crippen LogP contribution in [0.3, 0.4) is 0 Å². The summed E-state index contributed by atoms with van der Waals surface area (Å²) in [6.07, 6.45) is 0. The Bertz CT molecular complexity index is 999. The third-order valence-corrected chi connectivity index (χ3v) is 4.79. The molecule has 166 valence electrons. The van der Waals surface area contributed by atoms with Crippen molar-refractivity contribution in [3.63, 3.8) is 0 Å². The SMILES string of the molecule is COc1cc(Cl)c(N=NC(C(C)=O)C(=O)N(Cl)c2cccc(OC)c2OC)cc1OC. The van der Waals surface area contributed by atoms with Crippen molar-refractivity contribution in [1.82, 2.24) is 0 Å². The van der Waals surface area contributed by atoms with Gasteiger partial charge in [-0.2, -0.15) is 10.2 Å². The predicted molar refractivity (Wildman–Crippen MR) is 116 cm³/mol. The number of ether oxygens (including phenoxy) is 4. The highest BCUT2D eigenvalue weighted by atomic mass is 35.5. The molecule has 1 atom stereocenters. The van der Waals surface area contributed by atoms with Crippen molar-refractivity contribution in [2.45, 2.75) is 13.0 Å². The second-order valence-electron chi connectivity index (χ2n) is 6.02. The van der Waals surface area contributed by atoms with Gasteiger partial charge in [-0.05, 0) is 19.1 Å². The Hall–Kier alpha value is -3.04. The van der Waals surface area contributed by atoms with Crippen molar-refractivity contribution in [3.8, 4) is 23.0 Å². The highest BCUT2D eigenvalue weighted by Crippen LogP contribution is 2.39. The molecule has 0 aliphatic carbocycles. The van der Waals surface area contributed by atoms with Gasteiger partial charge >= 0.3 is 0 Å². The third-order valence-electron chi connectivity index (χ3n) is 4.14. The predicted octanol–water partition coefficient (Wildman–Crippen LogP) is 4.60. The number of carbonyl (C=O) groups excluding carboxylic acids is 2. The lowest BCUT2D eigenvalue weighted by atomic mass is 10.2. The van der Waals surface area contributed by atoms with Crippen LogP contribution in [0.5, 0.6) is 23.0 Å². The number of para-hydroxylation sites is 1. The van der Waals surface area contributed by atoms with Crippen LogP contribution < -0.4 is 23.4 Å². The molecule has 0 fully saturated rings. The summed E-state index contributed by atoms with van der Waals surface area (Å²) in [4.78, 5) is 25.1. The molecule has 0 aromatic heterocycles. The first kappa shape index (κ1) is 24.2. The summed E-state index contributed by atoms with van der Waals surface area (Å²) >= 11 is 12.4. The number of benzene rings is 2. The summed E-state index contributed by atoms with van der Waals surface area (Å²) in [5, 5.41) is 8.02. The van der Waals surface area contributed by atoms with Crippen LogP contribution in [0.2, 0.25) is 5.02 Å². The van der Waals surface area contributed by atoms with Crippen molar-refractivity contribution in [2.24, 2.45) is 10.2 Å². The molecule has 0 aliphatic heterocycles. The molecule has 9 nitrogen and oxygen atoms in total. The van der Waals surface area contributed by atoms with Gasteiger partial charge < -0.3 is 18.9 Å². The summed E-state index contributed by atoms with van der Waals surface area (Å²) in [6.45, 7) is 1.20. The summed E-state index contributed by atoms with van der Waals surface area (Å²) < 4.78 is 21.6. The van der Waals surface area contributed by atoms with Crippen molar-refractivity contribution in [2.75, 3.05) is 32.9 Å². The summed E-state index contributed by atoms with van der Waals surface area (Å²) in [5.74, 6) is -0.0830.